The third-order valence-electron chi connectivity index (χ3n) is 8.38. The van der Waals surface area contributed by atoms with Crippen molar-refractivity contribution in [3.63, 3.8) is 0 Å². The van der Waals surface area contributed by atoms with Gasteiger partial charge in [-0.05, 0) is 75.5 Å². The lowest BCUT2D eigenvalue weighted by molar-refractivity contribution is -0.318. The fraction of sp³-hybridized carbons (Fsp3) is 1.00. The topological polar surface area (TPSA) is 69.9 Å². The third-order valence-corrected chi connectivity index (χ3v) is 8.38. The van der Waals surface area contributed by atoms with Crippen molar-refractivity contribution in [2.75, 3.05) is 0 Å². The highest BCUT2D eigenvalue weighted by molar-refractivity contribution is 5.14. The summed E-state index contributed by atoms with van der Waals surface area (Å²) in [7, 11) is 0. The van der Waals surface area contributed by atoms with Crippen LogP contribution in [-0.4, -0.2) is 44.8 Å². The van der Waals surface area contributed by atoms with E-state index in [9.17, 15) is 15.3 Å². The molecular weight excluding hydrogens is 304 g/mol. The van der Waals surface area contributed by atoms with Crippen molar-refractivity contribution in [3.05, 3.63) is 0 Å². The average molecular weight is 341 g/mol. The van der Waals surface area contributed by atoms with E-state index < -0.39 is 17.8 Å². The minimum Gasteiger partial charge on any atom is -0.393 e. The Hall–Kier alpha value is -0.160. The lowest BCUT2D eigenvalue weighted by Gasteiger charge is -2.67. The van der Waals surface area contributed by atoms with Crippen molar-refractivity contribution in [2.24, 2.45) is 22.7 Å². The molecule has 24 heavy (non-hydrogen) atoms. The first-order chi connectivity index (χ1) is 10.9. The number of hydrogen-bond acceptors (Lipinski definition) is 4. The van der Waals surface area contributed by atoms with E-state index in [-0.39, 0.29) is 28.5 Å². The molecule has 3 aliphatic rings. The Morgan fingerprint density at radius 1 is 0.917 bits per heavy atom. The zero-order valence-corrected chi connectivity index (χ0v) is 16.2. The fourth-order valence-electron chi connectivity index (χ4n) is 6.53. The smallest absolute Gasteiger partial charge is 0.117 e. The summed E-state index contributed by atoms with van der Waals surface area (Å²) >= 11 is 0. The third kappa shape index (κ3) is 2.33. The number of hydrogen-bond donors (Lipinski definition) is 3. The standard InChI is InChI=1S/C20H36O4/c1-12(21)20(6)16(23)11-14-18(4)9-8-15(22)17(2,3)13(18)7-10-19(14,5)24-20/h12-16,21-23H,7-11H2,1-6H3/t12-,13-,14+,15-,16+,18-,19+,20+/m1/s1. The van der Waals surface area contributed by atoms with Crippen LogP contribution in [0.5, 0.6) is 0 Å². The molecule has 0 aromatic heterocycles. The predicted molar refractivity (Wildman–Crippen MR) is 93.5 cm³/mol. The van der Waals surface area contributed by atoms with E-state index in [1.54, 1.807) is 6.92 Å². The average Bonchev–Trinajstić information content (AvgIpc) is 2.46. The van der Waals surface area contributed by atoms with Gasteiger partial charge in [-0.25, -0.2) is 0 Å². The SMILES string of the molecule is C[C@@H](O)[C@]1(C)O[C@@]2(C)CC[C@@H]3C(C)(C)[C@H](O)CC[C@@]3(C)[C@@H]2C[C@@H]1O. The van der Waals surface area contributed by atoms with Crippen LogP contribution >= 0.6 is 0 Å². The van der Waals surface area contributed by atoms with Crippen molar-refractivity contribution < 1.29 is 20.1 Å². The number of aliphatic hydroxyl groups is 3. The summed E-state index contributed by atoms with van der Waals surface area (Å²) in [6.45, 7) is 12.5. The first-order valence-electron chi connectivity index (χ1n) is 9.62. The van der Waals surface area contributed by atoms with Gasteiger partial charge in [0, 0.05) is 0 Å². The Balaban J connectivity index is 1.98. The quantitative estimate of drug-likeness (QED) is 0.686. The minimum absolute atomic E-state index is 0.0523. The molecule has 4 nitrogen and oxygen atoms in total. The molecule has 0 amide bonds. The molecule has 1 aliphatic heterocycles. The van der Waals surface area contributed by atoms with Gasteiger partial charge in [0.2, 0.25) is 0 Å². The first kappa shape index (κ1) is 18.6. The minimum atomic E-state index is -0.905. The van der Waals surface area contributed by atoms with Gasteiger partial charge in [-0.1, -0.05) is 20.8 Å². The van der Waals surface area contributed by atoms with Crippen LogP contribution in [0.25, 0.3) is 0 Å². The van der Waals surface area contributed by atoms with Gasteiger partial charge in [-0.2, -0.15) is 0 Å². The molecule has 0 aromatic carbocycles. The van der Waals surface area contributed by atoms with Gasteiger partial charge in [-0.15, -0.1) is 0 Å². The van der Waals surface area contributed by atoms with Crippen LogP contribution in [0.3, 0.4) is 0 Å². The van der Waals surface area contributed by atoms with E-state index in [1.165, 1.54) is 0 Å². The summed E-state index contributed by atoms with van der Waals surface area (Å²) in [5, 5.41) is 31.6. The monoisotopic (exact) mass is 340 g/mol. The van der Waals surface area contributed by atoms with Crippen molar-refractivity contribution >= 4 is 0 Å². The lowest BCUT2D eigenvalue weighted by Crippen LogP contribution is -2.69. The molecule has 3 fully saturated rings. The Morgan fingerprint density at radius 3 is 2.12 bits per heavy atom. The van der Waals surface area contributed by atoms with E-state index in [2.05, 4.69) is 27.7 Å². The zero-order valence-electron chi connectivity index (χ0n) is 16.2. The fourth-order valence-corrected chi connectivity index (χ4v) is 6.53. The van der Waals surface area contributed by atoms with Crippen LogP contribution in [0.4, 0.5) is 0 Å². The number of ether oxygens (including phenoxy) is 1. The van der Waals surface area contributed by atoms with Gasteiger partial charge < -0.3 is 20.1 Å². The second kappa shape index (κ2) is 5.42. The Morgan fingerprint density at radius 2 is 1.54 bits per heavy atom. The second-order valence-corrected chi connectivity index (χ2v) is 10.1. The summed E-state index contributed by atoms with van der Waals surface area (Å²) in [6.07, 6.45) is 2.78. The molecule has 8 atom stereocenters. The number of fused-ring (bicyclic) bond motifs is 3. The summed E-state index contributed by atoms with van der Waals surface area (Å²) < 4.78 is 6.49. The van der Waals surface area contributed by atoms with Gasteiger partial charge in [0.15, 0.2) is 0 Å². The van der Waals surface area contributed by atoms with Crippen molar-refractivity contribution in [1.82, 2.24) is 0 Å². The molecule has 2 saturated carbocycles. The maximum atomic E-state index is 10.8. The Kier molecular flexibility index (Phi) is 4.21. The zero-order chi connectivity index (χ0) is 18.1. The molecule has 140 valence electrons. The maximum absolute atomic E-state index is 10.8. The van der Waals surface area contributed by atoms with E-state index in [0.29, 0.717) is 12.3 Å². The molecular formula is C20H36O4. The lowest BCUT2D eigenvalue weighted by atomic mass is 9.43. The van der Waals surface area contributed by atoms with Gasteiger partial charge in [0.1, 0.15) is 5.60 Å². The van der Waals surface area contributed by atoms with Crippen LogP contribution in [-0.2, 0) is 4.74 Å². The van der Waals surface area contributed by atoms with E-state index >= 15 is 0 Å². The second-order valence-electron chi connectivity index (χ2n) is 10.1. The molecule has 2 aliphatic carbocycles. The highest BCUT2D eigenvalue weighted by Crippen LogP contribution is 2.65. The molecule has 3 N–H and O–H groups in total. The summed E-state index contributed by atoms with van der Waals surface area (Å²) in [6, 6.07) is 0. The highest BCUT2D eigenvalue weighted by atomic mass is 16.6. The molecule has 0 radical (unpaired) electrons. The van der Waals surface area contributed by atoms with E-state index in [4.69, 9.17) is 4.74 Å². The highest BCUT2D eigenvalue weighted by Gasteiger charge is 2.65. The Bertz CT molecular complexity index is 504. The van der Waals surface area contributed by atoms with Gasteiger partial charge >= 0.3 is 0 Å². The first-order valence-corrected chi connectivity index (χ1v) is 9.62. The summed E-state index contributed by atoms with van der Waals surface area (Å²) in [5.74, 6) is 0.677. The summed E-state index contributed by atoms with van der Waals surface area (Å²) in [5.41, 5.74) is -1.28. The number of rotatable bonds is 1. The maximum Gasteiger partial charge on any atom is 0.117 e. The molecule has 3 rings (SSSR count). The Labute approximate surface area is 146 Å². The van der Waals surface area contributed by atoms with Crippen LogP contribution in [0, 0.1) is 22.7 Å². The van der Waals surface area contributed by atoms with Gasteiger partial charge in [0.25, 0.3) is 0 Å². The largest absolute Gasteiger partial charge is 0.393 e. The van der Waals surface area contributed by atoms with Crippen LogP contribution in [0.2, 0.25) is 0 Å². The predicted octanol–water partition coefficient (Wildman–Crippen LogP) is 2.88. The molecule has 0 bridgehead atoms. The number of aliphatic hydroxyl groups excluding tert-OH is 3. The van der Waals surface area contributed by atoms with Crippen LogP contribution in [0.1, 0.15) is 73.6 Å². The van der Waals surface area contributed by atoms with Crippen molar-refractivity contribution in [2.45, 2.75) is 103 Å². The van der Waals surface area contributed by atoms with Gasteiger partial charge in [-0.3, -0.25) is 0 Å². The molecule has 0 spiro atoms. The van der Waals surface area contributed by atoms with Crippen molar-refractivity contribution in [1.29, 1.82) is 0 Å². The molecule has 0 aromatic rings. The molecule has 0 unspecified atom stereocenters. The van der Waals surface area contributed by atoms with E-state index in [1.807, 2.05) is 6.92 Å². The molecule has 1 saturated heterocycles. The van der Waals surface area contributed by atoms with Crippen LogP contribution < -0.4 is 0 Å². The summed E-state index contributed by atoms with van der Waals surface area (Å²) in [4.78, 5) is 0. The van der Waals surface area contributed by atoms with Crippen molar-refractivity contribution in [3.8, 4) is 0 Å². The molecule has 4 heteroatoms. The van der Waals surface area contributed by atoms with E-state index in [0.717, 1.165) is 25.7 Å². The normalized spacial score (nSPS) is 55.4. The van der Waals surface area contributed by atoms with Crippen LogP contribution in [0.15, 0.2) is 0 Å². The molecule has 1 heterocycles. The van der Waals surface area contributed by atoms with Gasteiger partial charge in [0.05, 0.1) is 23.9 Å².